The molecule has 0 saturated heterocycles. The van der Waals surface area contributed by atoms with Crippen molar-refractivity contribution in [2.75, 3.05) is 11.9 Å². The number of hydrogen-bond acceptors (Lipinski definition) is 6. The Morgan fingerprint density at radius 2 is 2.10 bits per heavy atom. The van der Waals surface area contributed by atoms with E-state index in [1.54, 1.807) is 25.4 Å². The van der Waals surface area contributed by atoms with Crippen molar-refractivity contribution in [2.45, 2.75) is 26.8 Å². The monoisotopic (exact) mass is 412 g/mol. The fraction of sp³-hybridized carbons (Fsp3) is 0.300. The van der Waals surface area contributed by atoms with E-state index in [1.807, 2.05) is 18.5 Å². The molecule has 3 aromatic heterocycles. The number of nitrogens with one attached hydrogen (secondary N) is 2. The summed E-state index contributed by atoms with van der Waals surface area (Å²) in [5.41, 5.74) is 3.65. The van der Waals surface area contributed by atoms with Gasteiger partial charge in [0.05, 0.1) is 12.4 Å². The molecule has 4 rings (SSSR count). The van der Waals surface area contributed by atoms with Crippen LogP contribution < -0.4 is 10.6 Å². The zero-order valence-corrected chi connectivity index (χ0v) is 17.4. The van der Waals surface area contributed by atoms with Gasteiger partial charge in [0.25, 0.3) is 0 Å². The Bertz CT molecular complexity index is 1230. The molecule has 2 N–H and O–H groups in total. The summed E-state index contributed by atoms with van der Waals surface area (Å²) in [6, 6.07) is 4.40. The number of halogens is 1. The second kappa shape index (κ2) is 7.40. The number of aryl methyl sites for hydroxylation is 1. The number of fused-ring (bicyclic) bond motifs is 3. The highest BCUT2D eigenvalue weighted by atomic mass is 32.1. The Kier molecular flexibility index (Phi) is 4.91. The van der Waals surface area contributed by atoms with Crippen LogP contribution in [0.4, 0.5) is 10.2 Å². The van der Waals surface area contributed by atoms with Crippen LogP contribution in [0.25, 0.3) is 32.0 Å². The lowest BCUT2D eigenvalue weighted by molar-refractivity contribution is -0.119. The smallest absolute Gasteiger partial charge is 0.217 e. The Labute approximate surface area is 171 Å². The zero-order valence-electron chi connectivity index (χ0n) is 16.6. The number of amides is 1. The summed E-state index contributed by atoms with van der Waals surface area (Å²) in [7, 11) is 1.93. The largest absolute Gasteiger partial charge is 0.368 e. The number of benzene rings is 1. The van der Waals surface area contributed by atoms with Crippen molar-refractivity contribution in [1.29, 1.82) is 0 Å². The highest BCUT2D eigenvalue weighted by Gasteiger charge is 2.19. The standard InChI is InChI=1S/C20H21FN6OS/c1-5-22-18-15-17(27(4)9-23-15)16-20(26-18)29-19(25-16)12-6-7-14(21)13(8-12)10(2)24-11(3)28/h6-10H,5H2,1-4H3,(H,22,26)(H,24,28). The van der Waals surface area contributed by atoms with Gasteiger partial charge >= 0.3 is 0 Å². The van der Waals surface area contributed by atoms with E-state index in [1.165, 1.54) is 24.3 Å². The van der Waals surface area contributed by atoms with Crippen LogP contribution in [-0.4, -0.2) is 32.0 Å². The van der Waals surface area contributed by atoms with Crippen LogP contribution in [0, 0.1) is 5.82 Å². The number of carbonyl (C=O) groups excluding carboxylic acids is 1. The second-order valence-corrected chi connectivity index (χ2v) is 7.85. The van der Waals surface area contributed by atoms with Gasteiger partial charge in [-0.25, -0.2) is 19.3 Å². The first-order chi connectivity index (χ1) is 13.9. The number of nitrogens with zero attached hydrogens (tertiary/aromatic N) is 4. The zero-order chi connectivity index (χ0) is 20.7. The predicted molar refractivity (Wildman–Crippen MR) is 113 cm³/mol. The van der Waals surface area contributed by atoms with E-state index in [2.05, 4.69) is 15.6 Å². The lowest BCUT2D eigenvalue weighted by Gasteiger charge is -2.14. The quantitative estimate of drug-likeness (QED) is 0.517. The normalized spacial score (nSPS) is 12.4. The van der Waals surface area contributed by atoms with E-state index in [0.717, 1.165) is 44.3 Å². The first kappa shape index (κ1) is 19.3. The highest BCUT2D eigenvalue weighted by Crippen LogP contribution is 2.36. The van der Waals surface area contributed by atoms with Crippen molar-refractivity contribution >= 4 is 44.4 Å². The number of carbonyl (C=O) groups is 1. The van der Waals surface area contributed by atoms with Gasteiger partial charge in [-0.1, -0.05) is 11.3 Å². The van der Waals surface area contributed by atoms with E-state index in [0.29, 0.717) is 5.56 Å². The molecule has 0 radical (unpaired) electrons. The summed E-state index contributed by atoms with van der Waals surface area (Å²) in [4.78, 5) is 26.1. The van der Waals surface area contributed by atoms with Gasteiger partial charge in [-0.05, 0) is 32.0 Å². The number of imidazole rings is 1. The molecule has 1 atom stereocenters. The summed E-state index contributed by atoms with van der Waals surface area (Å²) in [5.74, 6) is 0.156. The molecule has 0 spiro atoms. The molecule has 7 nitrogen and oxygen atoms in total. The number of hydrogen-bond donors (Lipinski definition) is 2. The first-order valence-electron chi connectivity index (χ1n) is 9.31. The third kappa shape index (κ3) is 3.42. The van der Waals surface area contributed by atoms with Gasteiger partial charge in [0, 0.05) is 31.6 Å². The van der Waals surface area contributed by atoms with Gasteiger partial charge in [0.2, 0.25) is 5.91 Å². The molecule has 3 heterocycles. The number of anilines is 1. The van der Waals surface area contributed by atoms with E-state index in [4.69, 9.17) is 9.97 Å². The van der Waals surface area contributed by atoms with Crippen LogP contribution >= 0.6 is 11.3 Å². The van der Waals surface area contributed by atoms with Crippen LogP contribution in [-0.2, 0) is 11.8 Å². The molecule has 1 unspecified atom stereocenters. The van der Waals surface area contributed by atoms with Crippen LogP contribution in [0.2, 0.25) is 0 Å². The number of thiazole rings is 1. The Morgan fingerprint density at radius 3 is 2.83 bits per heavy atom. The van der Waals surface area contributed by atoms with Gasteiger partial charge < -0.3 is 15.2 Å². The summed E-state index contributed by atoms with van der Waals surface area (Å²) in [5, 5.41) is 6.72. The van der Waals surface area contributed by atoms with Crippen molar-refractivity contribution in [1.82, 2.24) is 24.8 Å². The van der Waals surface area contributed by atoms with Crippen molar-refractivity contribution in [3.63, 3.8) is 0 Å². The molecule has 0 aliphatic heterocycles. The average molecular weight is 412 g/mol. The van der Waals surface area contributed by atoms with Crippen LogP contribution in [0.15, 0.2) is 24.5 Å². The molecule has 29 heavy (non-hydrogen) atoms. The van der Waals surface area contributed by atoms with Crippen LogP contribution in [0.3, 0.4) is 0 Å². The molecule has 0 aliphatic rings. The number of rotatable bonds is 5. The van der Waals surface area contributed by atoms with E-state index >= 15 is 0 Å². The van der Waals surface area contributed by atoms with Gasteiger partial charge in [-0.2, -0.15) is 0 Å². The minimum Gasteiger partial charge on any atom is -0.368 e. The predicted octanol–water partition coefficient (Wildman–Crippen LogP) is 4.01. The molecule has 150 valence electrons. The van der Waals surface area contributed by atoms with Crippen LogP contribution in [0.5, 0.6) is 0 Å². The third-order valence-electron chi connectivity index (χ3n) is 4.68. The average Bonchev–Trinajstić information content (AvgIpc) is 3.25. The Morgan fingerprint density at radius 1 is 1.31 bits per heavy atom. The molecule has 9 heteroatoms. The second-order valence-electron chi connectivity index (χ2n) is 6.87. The summed E-state index contributed by atoms with van der Waals surface area (Å²) in [6.07, 6.45) is 1.75. The van der Waals surface area contributed by atoms with E-state index in [-0.39, 0.29) is 11.7 Å². The number of aromatic nitrogens is 4. The summed E-state index contributed by atoms with van der Waals surface area (Å²) in [6.45, 7) is 5.91. The molecule has 1 amide bonds. The van der Waals surface area contributed by atoms with Crippen LogP contribution in [0.1, 0.15) is 32.4 Å². The molecule has 4 aromatic rings. The Balaban J connectivity index is 1.86. The van der Waals surface area contributed by atoms with E-state index in [9.17, 15) is 9.18 Å². The highest BCUT2D eigenvalue weighted by molar-refractivity contribution is 7.21. The first-order valence-corrected chi connectivity index (χ1v) is 10.1. The van der Waals surface area contributed by atoms with Gasteiger partial charge in [-0.3, -0.25) is 4.79 Å². The van der Waals surface area contributed by atoms with Crippen molar-refractivity contribution in [3.8, 4) is 10.6 Å². The topological polar surface area (TPSA) is 84.7 Å². The van der Waals surface area contributed by atoms with Gasteiger partial charge in [0.1, 0.15) is 32.2 Å². The maximum atomic E-state index is 14.3. The SMILES string of the molecule is CCNc1nc2sc(-c3ccc(F)c(C(C)NC(C)=O)c3)nc2c2c1ncn2C. The van der Waals surface area contributed by atoms with Gasteiger partial charge in [0.15, 0.2) is 5.82 Å². The molecular weight excluding hydrogens is 391 g/mol. The van der Waals surface area contributed by atoms with Crippen molar-refractivity contribution in [2.24, 2.45) is 7.05 Å². The summed E-state index contributed by atoms with van der Waals surface area (Å²) < 4.78 is 16.3. The molecule has 0 saturated carbocycles. The lowest BCUT2D eigenvalue weighted by atomic mass is 10.0. The maximum absolute atomic E-state index is 14.3. The minimum atomic E-state index is -0.441. The fourth-order valence-corrected chi connectivity index (χ4v) is 4.33. The molecular formula is C20H21FN6OS. The molecule has 0 fully saturated rings. The van der Waals surface area contributed by atoms with Crippen molar-refractivity contribution in [3.05, 3.63) is 35.9 Å². The Hall–Kier alpha value is -3.07. The fourth-order valence-electron chi connectivity index (χ4n) is 3.38. The molecule has 0 bridgehead atoms. The molecule has 0 aliphatic carbocycles. The molecule has 1 aromatic carbocycles. The number of pyridine rings is 1. The maximum Gasteiger partial charge on any atom is 0.217 e. The lowest BCUT2D eigenvalue weighted by Crippen LogP contribution is -2.24. The third-order valence-corrected chi connectivity index (χ3v) is 5.68. The minimum absolute atomic E-state index is 0.207. The summed E-state index contributed by atoms with van der Waals surface area (Å²) >= 11 is 1.44. The van der Waals surface area contributed by atoms with Crippen molar-refractivity contribution < 1.29 is 9.18 Å². The van der Waals surface area contributed by atoms with E-state index < -0.39 is 6.04 Å². The van der Waals surface area contributed by atoms with Gasteiger partial charge in [-0.15, -0.1) is 0 Å².